The first kappa shape index (κ1) is 16.9. The van der Waals surface area contributed by atoms with E-state index in [9.17, 15) is 4.79 Å². The highest BCUT2D eigenvalue weighted by molar-refractivity contribution is 7.15. The van der Waals surface area contributed by atoms with E-state index in [-0.39, 0.29) is 11.4 Å². The lowest BCUT2D eigenvalue weighted by Crippen LogP contribution is -2.35. The number of esters is 1. The van der Waals surface area contributed by atoms with E-state index < -0.39 is 0 Å². The van der Waals surface area contributed by atoms with E-state index in [2.05, 4.69) is 43.2 Å². The van der Waals surface area contributed by atoms with E-state index in [1.54, 1.807) is 0 Å². The van der Waals surface area contributed by atoms with Crippen LogP contribution in [-0.2, 0) is 4.74 Å². The van der Waals surface area contributed by atoms with Crippen LogP contribution >= 0.6 is 11.3 Å². The molecule has 1 aromatic heterocycles. The van der Waals surface area contributed by atoms with E-state index in [0.717, 1.165) is 36.5 Å². The third-order valence-electron chi connectivity index (χ3n) is 3.36. The van der Waals surface area contributed by atoms with Gasteiger partial charge in [0.05, 0.1) is 17.7 Å². The van der Waals surface area contributed by atoms with Gasteiger partial charge in [0.2, 0.25) is 0 Å². The largest absolute Gasteiger partial charge is 0.465 e. The number of rotatable bonds is 3. The second kappa shape index (κ2) is 7.17. The van der Waals surface area contributed by atoms with Crippen molar-refractivity contribution in [1.82, 2.24) is 5.32 Å². The summed E-state index contributed by atoms with van der Waals surface area (Å²) in [4.78, 5) is 13.5. The fourth-order valence-electron chi connectivity index (χ4n) is 2.24. The predicted molar refractivity (Wildman–Crippen MR) is 91.5 cm³/mol. The molecule has 0 bridgehead atoms. The van der Waals surface area contributed by atoms with Crippen LogP contribution in [0.25, 0.3) is 0 Å². The van der Waals surface area contributed by atoms with Gasteiger partial charge in [0.15, 0.2) is 0 Å². The van der Waals surface area contributed by atoms with Gasteiger partial charge < -0.3 is 15.4 Å². The molecule has 2 heterocycles. The van der Waals surface area contributed by atoms with Crippen LogP contribution in [-0.4, -0.2) is 32.2 Å². The van der Waals surface area contributed by atoms with Crippen molar-refractivity contribution >= 4 is 23.0 Å². The quantitative estimate of drug-likeness (QED) is 0.664. The number of piperidine rings is 1. The summed E-state index contributed by atoms with van der Waals surface area (Å²) < 4.78 is 4.90. The van der Waals surface area contributed by atoms with Gasteiger partial charge in [-0.05, 0) is 52.8 Å². The summed E-state index contributed by atoms with van der Waals surface area (Å²) in [6.45, 7) is 8.23. The van der Waals surface area contributed by atoms with Crippen molar-refractivity contribution in [3.63, 3.8) is 0 Å². The normalized spacial score (nSPS) is 15.8. The Morgan fingerprint density at radius 1 is 1.41 bits per heavy atom. The SMILES string of the molecule is COC(=O)c1sc(C#CC(C)(C)C)cc1NC1CCNCC1. The van der Waals surface area contributed by atoms with E-state index in [4.69, 9.17) is 4.74 Å². The van der Waals surface area contributed by atoms with Crippen LogP contribution in [0.2, 0.25) is 0 Å². The molecule has 0 aliphatic carbocycles. The molecular weight excluding hydrogens is 296 g/mol. The molecule has 0 saturated carbocycles. The van der Waals surface area contributed by atoms with Crippen molar-refractivity contribution in [3.8, 4) is 11.8 Å². The number of methoxy groups -OCH3 is 1. The average Bonchev–Trinajstić information content (AvgIpc) is 2.88. The Morgan fingerprint density at radius 3 is 2.68 bits per heavy atom. The highest BCUT2D eigenvalue weighted by Crippen LogP contribution is 2.29. The molecule has 5 heteroatoms. The van der Waals surface area contributed by atoms with Crippen LogP contribution in [0.5, 0.6) is 0 Å². The van der Waals surface area contributed by atoms with Gasteiger partial charge in [-0.3, -0.25) is 0 Å². The first-order valence-electron chi connectivity index (χ1n) is 7.61. The topological polar surface area (TPSA) is 50.4 Å². The molecule has 4 nitrogen and oxygen atoms in total. The van der Waals surface area contributed by atoms with Crippen LogP contribution in [0.15, 0.2) is 6.07 Å². The molecule has 2 rings (SSSR count). The van der Waals surface area contributed by atoms with Gasteiger partial charge in [-0.25, -0.2) is 4.79 Å². The molecule has 0 aromatic carbocycles. The maximum Gasteiger partial charge on any atom is 0.350 e. The maximum atomic E-state index is 12.0. The standard InChI is InChI=1S/C17H24N2O2S/c1-17(2,3)8-5-13-11-14(15(22-13)16(20)21-4)19-12-6-9-18-10-7-12/h11-12,18-19H,6-7,9-10H2,1-4H3. The zero-order chi connectivity index (χ0) is 16.2. The second-order valence-electron chi connectivity index (χ2n) is 6.51. The number of carbonyl (C=O) groups is 1. The summed E-state index contributed by atoms with van der Waals surface area (Å²) in [6.07, 6.45) is 2.11. The van der Waals surface area contributed by atoms with Gasteiger partial charge in [0, 0.05) is 11.5 Å². The molecular formula is C17H24N2O2S. The highest BCUT2D eigenvalue weighted by Gasteiger charge is 2.20. The highest BCUT2D eigenvalue weighted by atomic mass is 32.1. The Hall–Kier alpha value is -1.51. The van der Waals surface area contributed by atoms with E-state index in [1.165, 1.54) is 18.4 Å². The summed E-state index contributed by atoms with van der Waals surface area (Å²) in [7, 11) is 1.41. The van der Waals surface area contributed by atoms with Crippen molar-refractivity contribution in [3.05, 3.63) is 15.8 Å². The molecule has 1 saturated heterocycles. The molecule has 1 aromatic rings. The zero-order valence-corrected chi connectivity index (χ0v) is 14.5. The van der Waals surface area contributed by atoms with Gasteiger partial charge >= 0.3 is 5.97 Å². The van der Waals surface area contributed by atoms with Crippen LogP contribution in [0.3, 0.4) is 0 Å². The molecule has 120 valence electrons. The minimum Gasteiger partial charge on any atom is -0.465 e. The Kier molecular flexibility index (Phi) is 5.49. The van der Waals surface area contributed by atoms with Crippen molar-refractivity contribution in [2.75, 3.05) is 25.5 Å². The molecule has 1 aliphatic heterocycles. The first-order valence-corrected chi connectivity index (χ1v) is 8.43. The number of nitrogens with one attached hydrogen (secondary N) is 2. The molecule has 0 spiro atoms. The summed E-state index contributed by atoms with van der Waals surface area (Å²) in [5.41, 5.74) is 0.792. The molecule has 2 N–H and O–H groups in total. The summed E-state index contributed by atoms with van der Waals surface area (Å²) >= 11 is 1.40. The van der Waals surface area contributed by atoms with E-state index in [0.29, 0.717) is 10.9 Å². The molecule has 22 heavy (non-hydrogen) atoms. The predicted octanol–water partition coefficient (Wildman–Crippen LogP) is 3.10. The maximum absolute atomic E-state index is 12.0. The Bertz CT molecular complexity index is 584. The van der Waals surface area contributed by atoms with Crippen molar-refractivity contribution in [2.24, 2.45) is 5.41 Å². The minimum absolute atomic E-state index is 0.0575. The molecule has 0 radical (unpaired) electrons. The lowest BCUT2D eigenvalue weighted by Gasteiger charge is -2.24. The van der Waals surface area contributed by atoms with Crippen molar-refractivity contribution in [1.29, 1.82) is 0 Å². The van der Waals surface area contributed by atoms with Gasteiger partial charge in [-0.15, -0.1) is 11.3 Å². The Balaban J connectivity index is 2.23. The smallest absolute Gasteiger partial charge is 0.350 e. The van der Waals surface area contributed by atoms with Crippen LogP contribution in [0, 0.1) is 17.3 Å². The fraction of sp³-hybridized carbons (Fsp3) is 0.588. The van der Waals surface area contributed by atoms with E-state index >= 15 is 0 Å². The van der Waals surface area contributed by atoms with Gasteiger partial charge in [0.25, 0.3) is 0 Å². The van der Waals surface area contributed by atoms with Crippen LogP contribution < -0.4 is 10.6 Å². The zero-order valence-electron chi connectivity index (χ0n) is 13.7. The summed E-state index contributed by atoms with van der Waals surface area (Å²) in [5, 5.41) is 6.82. The second-order valence-corrected chi connectivity index (χ2v) is 7.57. The lowest BCUT2D eigenvalue weighted by molar-refractivity contribution is 0.0607. The third kappa shape index (κ3) is 4.75. The number of carbonyl (C=O) groups excluding carboxylic acids is 1. The molecule has 1 aliphatic rings. The van der Waals surface area contributed by atoms with Crippen LogP contribution in [0.1, 0.15) is 48.2 Å². The van der Waals surface area contributed by atoms with E-state index in [1.807, 2.05) is 6.07 Å². The number of hydrogen-bond donors (Lipinski definition) is 2. The van der Waals surface area contributed by atoms with Gasteiger partial charge in [-0.1, -0.05) is 11.8 Å². The van der Waals surface area contributed by atoms with Gasteiger partial charge in [0.1, 0.15) is 4.88 Å². The number of anilines is 1. The average molecular weight is 320 g/mol. The first-order chi connectivity index (χ1) is 10.4. The Morgan fingerprint density at radius 2 is 2.09 bits per heavy atom. The summed E-state index contributed by atoms with van der Waals surface area (Å²) in [6, 6.07) is 2.36. The Labute approximate surface area is 136 Å². The van der Waals surface area contributed by atoms with Crippen molar-refractivity contribution < 1.29 is 9.53 Å². The molecule has 0 amide bonds. The fourth-order valence-corrected chi connectivity index (χ4v) is 3.13. The van der Waals surface area contributed by atoms with Crippen LogP contribution in [0.4, 0.5) is 5.69 Å². The number of ether oxygens (including phenoxy) is 1. The summed E-state index contributed by atoms with van der Waals surface area (Å²) in [5.74, 6) is 6.08. The number of hydrogen-bond acceptors (Lipinski definition) is 5. The monoisotopic (exact) mass is 320 g/mol. The molecule has 1 fully saturated rings. The third-order valence-corrected chi connectivity index (χ3v) is 4.39. The lowest BCUT2D eigenvalue weighted by atomic mass is 9.98. The minimum atomic E-state index is -0.301. The molecule has 0 atom stereocenters. The van der Waals surface area contributed by atoms with Gasteiger partial charge in [-0.2, -0.15) is 0 Å². The number of thiophene rings is 1. The molecule has 0 unspecified atom stereocenters. The van der Waals surface area contributed by atoms with Crippen molar-refractivity contribution in [2.45, 2.75) is 39.7 Å².